The van der Waals surface area contributed by atoms with Crippen LogP contribution in [0.4, 0.5) is 0 Å². The second-order valence-electron chi connectivity index (χ2n) is 8.75. The average molecular weight is 325 g/mol. The van der Waals surface area contributed by atoms with Gasteiger partial charge in [-0.1, -0.05) is 12.8 Å². The van der Waals surface area contributed by atoms with Crippen LogP contribution in [0, 0.1) is 5.92 Å². The zero-order chi connectivity index (χ0) is 16.9. The standard InChI is InChI=1S/C20H40N2O/c1-17(2)22-15-14-21(16-20(22,3)4)13-7-6-8-18-9-11-19(23-5)12-10-18/h17-19H,6-16H2,1-5H3/t18-,19-. The molecule has 0 aromatic rings. The predicted molar refractivity (Wildman–Crippen MR) is 99.0 cm³/mol. The van der Waals surface area contributed by atoms with E-state index in [9.17, 15) is 0 Å². The van der Waals surface area contributed by atoms with Gasteiger partial charge in [0.05, 0.1) is 6.10 Å². The maximum absolute atomic E-state index is 5.48. The third-order valence-electron chi connectivity index (χ3n) is 6.13. The van der Waals surface area contributed by atoms with Crippen LogP contribution < -0.4 is 0 Å². The first-order valence-electron chi connectivity index (χ1n) is 9.94. The van der Waals surface area contributed by atoms with Crippen LogP contribution in [0.25, 0.3) is 0 Å². The normalized spacial score (nSPS) is 30.0. The molecule has 2 rings (SSSR count). The van der Waals surface area contributed by atoms with E-state index in [1.807, 2.05) is 7.11 Å². The highest BCUT2D eigenvalue weighted by molar-refractivity contribution is 4.91. The van der Waals surface area contributed by atoms with Gasteiger partial charge in [-0.05, 0) is 72.3 Å². The highest BCUT2D eigenvalue weighted by Gasteiger charge is 2.34. The van der Waals surface area contributed by atoms with Crippen LogP contribution in [-0.2, 0) is 4.74 Å². The molecule has 1 aliphatic heterocycles. The minimum absolute atomic E-state index is 0.324. The molecule has 1 saturated carbocycles. The lowest BCUT2D eigenvalue weighted by Crippen LogP contribution is -2.61. The number of piperazine rings is 1. The van der Waals surface area contributed by atoms with Gasteiger partial charge >= 0.3 is 0 Å². The van der Waals surface area contributed by atoms with E-state index in [1.54, 1.807) is 0 Å². The Morgan fingerprint density at radius 3 is 2.30 bits per heavy atom. The zero-order valence-corrected chi connectivity index (χ0v) is 16.3. The summed E-state index contributed by atoms with van der Waals surface area (Å²) in [6.07, 6.45) is 10.1. The molecule has 136 valence electrons. The van der Waals surface area contributed by atoms with Crippen molar-refractivity contribution in [2.45, 2.75) is 90.3 Å². The molecule has 0 aromatic heterocycles. The maximum atomic E-state index is 5.48. The fraction of sp³-hybridized carbons (Fsp3) is 1.00. The van der Waals surface area contributed by atoms with Gasteiger partial charge in [-0.25, -0.2) is 0 Å². The monoisotopic (exact) mass is 324 g/mol. The van der Waals surface area contributed by atoms with Gasteiger partial charge in [0.15, 0.2) is 0 Å². The van der Waals surface area contributed by atoms with E-state index in [2.05, 4.69) is 37.5 Å². The van der Waals surface area contributed by atoms with Gasteiger partial charge in [-0.15, -0.1) is 0 Å². The Kier molecular flexibility index (Phi) is 7.37. The van der Waals surface area contributed by atoms with Crippen molar-refractivity contribution < 1.29 is 4.74 Å². The molecule has 3 heteroatoms. The summed E-state index contributed by atoms with van der Waals surface area (Å²) < 4.78 is 5.48. The molecule has 0 N–H and O–H groups in total. The third-order valence-corrected chi connectivity index (χ3v) is 6.13. The van der Waals surface area contributed by atoms with Crippen LogP contribution in [-0.4, -0.2) is 60.8 Å². The molecule has 23 heavy (non-hydrogen) atoms. The van der Waals surface area contributed by atoms with Crippen molar-refractivity contribution in [2.24, 2.45) is 5.92 Å². The van der Waals surface area contributed by atoms with Gasteiger partial charge in [0.2, 0.25) is 0 Å². The van der Waals surface area contributed by atoms with Crippen LogP contribution in [0.3, 0.4) is 0 Å². The Hall–Kier alpha value is -0.120. The summed E-state index contributed by atoms with van der Waals surface area (Å²) in [7, 11) is 1.87. The van der Waals surface area contributed by atoms with E-state index in [0.29, 0.717) is 17.7 Å². The van der Waals surface area contributed by atoms with Crippen molar-refractivity contribution in [1.29, 1.82) is 0 Å². The van der Waals surface area contributed by atoms with E-state index < -0.39 is 0 Å². The number of nitrogens with zero attached hydrogens (tertiary/aromatic N) is 2. The molecule has 2 aliphatic rings. The van der Waals surface area contributed by atoms with Crippen LogP contribution in [0.5, 0.6) is 0 Å². The number of rotatable bonds is 7. The number of ether oxygens (including phenoxy) is 1. The van der Waals surface area contributed by atoms with Crippen LogP contribution in [0.1, 0.15) is 72.6 Å². The number of hydrogen-bond donors (Lipinski definition) is 0. The molecule has 0 radical (unpaired) electrons. The summed E-state index contributed by atoms with van der Waals surface area (Å²) >= 11 is 0. The van der Waals surface area contributed by atoms with Crippen molar-refractivity contribution in [1.82, 2.24) is 9.80 Å². The molecule has 0 unspecified atom stereocenters. The lowest BCUT2D eigenvalue weighted by molar-refractivity contribution is -0.00211. The molecule has 0 aromatic carbocycles. The molecular formula is C20H40N2O. The maximum Gasteiger partial charge on any atom is 0.0571 e. The molecule has 0 atom stereocenters. The second kappa shape index (κ2) is 8.82. The highest BCUT2D eigenvalue weighted by atomic mass is 16.5. The first kappa shape index (κ1) is 19.2. The summed E-state index contributed by atoms with van der Waals surface area (Å²) in [4.78, 5) is 5.36. The molecule has 3 nitrogen and oxygen atoms in total. The van der Waals surface area contributed by atoms with Gasteiger partial charge in [0.25, 0.3) is 0 Å². The lowest BCUT2D eigenvalue weighted by atomic mass is 9.84. The molecule has 0 spiro atoms. The van der Waals surface area contributed by atoms with E-state index in [0.717, 1.165) is 5.92 Å². The minimum atomic E-state index is 0.324. The van der Waals surface area contributed by atoms with Gasteiger partial charge in [0.1, 0.15) is 0 Å². The summed E-state index contributed by atoms with van der Waals surface area (Å²) in [5.74, 6) is 0.968. The van der Waals surface area contributed by atoms with Crippen molar-refractivity contribution in [3.63, 3.8) is 0 Å². The van der Waals surface area contributed by atoms with Crippen LogP contribution >= 0.6 is 0 Å². The summed E-state index contributed by atoms with van der Waals surface area (Å²) in [5, 5.41) is 0. The fourth-order valence-electron chi connectivity index (χ4n) is 4.84. The largest absolute Gasteiger partial charge is 0.381 e. The zero-order valence-electron chi connectivity index (χ0n) is 16.3. The predicted octanol–water partition coefficient (Wildman–Crippen LogP) is 4.17. The van der Waals surface area contributed by atoms with Crippen molar-refractivity contribution in [3.8, 4) is 0 Å². The van der Waals surface area contributed by atoms with Crippen molar-refractivity contribution in [3.05, 3.63) is 0 Å². The first-order valence-corrected chi connectivity index (χ1v) is 9.94. The molecule has 1 saturated heterocycles. The first-order chi connectivity index (χ1) is 10.9. The Morgan fingerprint density at radius 2 is 1.74 bits per heavy atom. The summed E-state index contributed by atoms with van der Waals surface area (Å²) in [6.45, 7) is 14.5. The highest BCUT2D eigenvalue weighted by Crippen LogP contribution is 2.29. The van der Waals surface area contributed by atoms with Crippen LogP contribution in [0.2, 0.25) is 0 Å². The third kappa shape index (κ3) is 5.72. The second-order valence-corrected chi connectivity index (χ2v) is 8.75. The smallest absolute Gasteiger partial charge is 0.0571 e. The quantitative estimate of drug-likeness (QED) is 0.654. The SMILES string of the molecule is CO[C@H]1CC[C@H](CCCCN2CCN(C(C)C)C(C)(C)C2)CC1. The lowest BCUT2D eigenvalue weighted by Gasteiger charge is -2.49. The Bertz CT molecular complexity index is 335. The molecular weight excluding hydrogens is 284 g/mol. The Labute approximate surface area is 144 Å². The van der Waals surface area contributed by atoms with Gasteiger partial charge in [-0.3, -0.25) is 4.90 Å². The molecule has 1 heterocycles. The molecule has 0 bridgehead atoms. The van der Waals surface area contributed by atoms with E-state index >= 15 is 0 Å². The number of hydrogen-bond acceptors (Lipinski definition) is 3. The average Bonchev–Trinajstić information content (AvgIpc) is 2.51. The van der Waals surface area contributed by atoms with Gasteiger partial charge in [-0.2, -0.15) is 0 Å². The van der Waals surface area contributed by atoms with Crippen LogP contribution in [0.15, 0.2) is 0 Å². The number of unbranched alkanes of at least 4 members (excludes halogenated alkanes) is 1. The van der Waals surface area contributed by atoms with E-state index in [4.69, 9.17) is 4.74 Å². The summed E-state index contributed by atoms with van der Waals surface area (Å²) in [6, 6.07) is 0.661. The van der Waals surface area contributed by atoms with Crippen molar-refractivity contribution >= 4 is 0 Å². The summed E-state index contributed by atoms with van der Waals surface area (Å²) in [5.41, 5.74) is 0.324. The Morgan fingerprint density at radius 1 is 1.04 bits per heavy atom. The molecule has 1 aliphatic carbocycles. The van der Waals surface area contributed by atoms with Crippen molar-refractivity contribution in [2.75, 3.05) is 33.3 Å². The molecule has 0 amide bonds. The van der Waals surface area contributed by atoms with Gasteiger partial charge in [0, 0.05) is 38.3 Å². The number of methoxy groups -OCH3 is 1. The fourth-order valence-corrected chi connectivity index (χ4v) is 4.84. The Balaban J connectivity index is 1.60. The topological polar surface area (TPSA) is 15.7 Å². The van der Waals surface area contributed by atoms with E-state index in [1.165, 1.54) is 71.1 Å². The minimum Gasteiger partial charge on any atom is -0.381 e. The van der Waals surface area contributed by atoms with Gasteiger partial charge < -0.3 is 9.64 Å². The molecule has 2 fully saturated rings. The van der Waals surface area contributed by atoms with E-state index in [-0.39, 0.29) is 0 Å².